The minimum absolute atomic E-state index is 0.0658. The van der Waals surface area contributed by atoms with Gasteiger partial charge >= 0.3 is 0 Å². The van der Waals surface area contributed by atoms with Gasteiger partial charge in [0.15, 0.2) is 0 Å². The van der Waals surface area contributed by atoms with Gasteiger partial charge in [-0.15, -0.1) is 11.8 Å². The number of ether oxygens (including phenoxy) is 1. The molecule has 4 fully saturated rings. The molecule has 9 nitrogen and oxygen atoms in total. The van der Waals surface area contributed by atoms with Crippen LogP contribution in [0.25, 0.3) is 0 Å². The molecule has 3 amide bonds. The first kappa shape index (κ1) is 23.8. The molecule has 4 rings (SSSR count). The molecule has 3 N–H and O–H groups in total. The Morgan fingerprint density at radius 1 is 1.25 bits per heavy atom. The van der Waals surface area contributed by atoms with Crippen LogP contribution in [0.3, 0.4) is 0 Å². The average Bonchev–Trinajstić information content (AvgIpc) is 3.45. The molecule has 1 spiro atoms. The number of hydrogen-bond donors (Lipinski definition) is 3. The van der Waals surface area contributed by atoms with E-state index in [0.29, 0.717) is 26.3 Å². The highest BCUT2D eigenvalue weighted by Gasteiger charge is 2.73. The van der Waals surface area contributed by atoms with Crippen LogP contribution >= 0.6 is 11.8 Å². The standard InChI is InChI=1S/C22H36N4O5S/c1-3-6-23-19(28)16-15-4-5-22(32-15)17(16)21(30)26(14(2)13-27)18(22)20(29)24-7-8-25-9-11-31-12-10-25/h14-18,27H,3-13H2,1-2H3,(H,23,28)(H,24,29)/t14-,15-,16+,17+,18?,22?/m1/s1. The van der Waals surface area contributed by atoms with Crippen molar-refractivity contribution in [2.45, 2.75) is 55.2 Å². The summed E-state index contributed by atoms with van der Waals surface area (Å²) in [7, 11) is 0. The van der Waals surface area contributed by atoms with Gasteiger partial charge in [-0.2, -0.15) is 0 Å². The van der Waals surface area contributed by atoms with Gasteiger partial charge in [-0.3, -0.25) is 19.3 Å². The summed E-state index contributed by atoms with van der Waals surface area (Å²) in [5, 5.41) is 15.9. The van der Waals surface area contributed by atoms with Crippen LogP contribution in [0.4, 0.5) is 0 Å². The van der Waals surface area contributed by atoms with Crippen LogP contribution in [0.5, 0.6) is 0 Å². The zero-order valence-corrected chi connectivity index (χ0v) is 19.9. The van der Waals surface area contributed by atoms with Crippen molar-refractivity contribution in [1.29, 1.82) is 0 Å². The van der Waals surface area contributed by atoms with E-state index >= 15 is 0 Å². The fraction of sp³-hybridized carbons (Fsp3) is 0.864. The van der Waals surface area contributed by atoms with Crippen molar-refractivity contribution in [3.63, 3.8) is 0 Å². The molecular weight excluding hydrogens is 432 g/mol. The van der Waals surface area contributed by atoms with E-state index in [4.69, 9.17) is 4.74 Å². The molecule has 180 valence electrons. The summed E-state index contributed by atoms with van der Waals surface area (Å²) in [6.07, 6.45) is 2.41. The molecule has 0 aromatic carbocycles. The average molecular weight is 469 g/mol. The summed E-state index contributed by atoms with van der Waals surface area (Å²) >= 11 is 1.66. The number of thioether (sulfide) groups is 1. The Balaban J connectivity index is 1.53. The van der Waals surface area contributed by atoms with E-state index in [9.17, 15) is 19.5 Å². The van der Waals surface area contributed by atoms with Gasteiger partial charge in [0.2, 0.25) is 17.7 Å². The molecule has 2 bridgehead atoms. The summed E-state index contributed by atoms with van der Waals surface area (Å²) in [5.41, 5.74) is 0. The van der Waals surface area contributed by atoms with Crippen molar-refractivity contribution >= 4 is 29.5 Å². The number of carbonyl (C=O) groups excluding carboxylic acids is 3. The van der Waals surface area contributed by atoms with Crippen LogP contribution in [0, 0.1) is 11.8 Å². The molecule has 4 aliphatic heterocycles. The fourth-order valence-electron chi connectivity index (χ4n) is 5.88. The number of carbonyl (C=O) groups is 3. The molecule has 0 aliphatic carbocycles. The van der Waals surface area contributed by atoms with Gasteiger partial charge in [0, 0.05) is 38.0 Å². The second-order valence-corrected chi connectivity index (χ2v) is 11.0. The molecule has 0 radical (unpaired) electrons. The number of hydrogen-bond acceptors (Lipinski definition) is 7. The van der Waals surface area contributed by atoms with E-state index in [0.717, 1.165) is 38.9 Å². The Labute approximate surface area is 194 Å². The third kappa shape index (κ3) is 4.03. The maximum absolute atomic E-state index is 13.6. The highest BCUT2D eigenvalue weighted by Crippen LogP contribution is 2.66. The maximum atomic E-state index is 13.6. The molecule has 6 atom stereocenters. The molecule has 0 aromatic heterocycles. The number of rotatable bonds is 9. The number of nitrogens with one attached hydrogen (secondary N) is 2. The summed E-state index contributed by atoms with van der Waals surface area (Å²) in [4.78, 5) is 43.9. The third-order valence-corrected chi connectivity index (χ3v) is 9.36. The van der Waals surface area contributed by atoms with Crippen molar-refractivity contribution in [3.8, 4) is 0 Å². The number of nitrogens with zero attached hydrogens (tertiary/aromatic N) is 2. The summed E-state index contributed by atoms with van der Waals surface area (Å²) in [6, 6.07) is -1.14. The lowest BCUT2D eigenvalue weighted by Crippen LogP contribution is -2.56. The predicted molar refractivity (Wildman–Crippen MR) is 121 cm³/mol. The van der Waals surface area contributed by atoms with Gasteiger partial charge in [0.25, 0.3) is 0 Å². The summed E-state index contributed by atoms with van der Waals surface area (Å²) in [6.45, 7) is 8.49. The topological polar surface area (TPSA) is 111 Å². The zero-order chi connectivity index (χ0) is 22.9. The molecule has 0 saturated carbocycles. The number of amides is 3. The Morgan fingerprint density at radius 3 is 2.66 bits per heavy atom. The lowest BCUT2D eigenvalue weighted by atomic mass is 9.70. The number of aliphatic hydroxyl groups is 1. The number of morpholine rings is 1. The maximum Gasteiger partial charge on any atom is 0.244 e. The van der Waals surface area contributed by atoms with Gasteiger partial charge in [0.05, 0.1) is 42.4 Å². The minimum Gasteiger partial charge on any atom is -0.394 e. The van der Waals surface area contributed by atoms with E-state index in [-0.39, 0.29) is 29.6 Å². The monoisotopic (exact) mass is 468 g/mol. The lowest BCUT2D eigenvalue weighted by molar-refractivity contribution is -0.142. The molecule has 32 heavy (non-hydrogen) atoms. The summed E-state index contributed by atoms with van der Waals surface area (Å²) in [5.74, 6) is -1.32. The van der Waals surface area contributed by atoms with E-state index in [1.54, 1.807) is 23.6 Å². The molecule has 4 heterocycles. The molecule has 0 aromatic rings. The number of fused-ring (bicyclic) bond motifs is 1. The number of aliphatic hydroxyl groups excluding tert-OH is 1. The third-order valence-electron chi connectivity index (χ3n) is 7.41. The second kappa shape index (κ2) is 9.87. The molecule has 2 unspecified atom stereocenters. The van der Waals surface area contributed by atoms with Gasteiger partial charge in [-0.1, -0.05) is 6.92 Å². The van der Waals surface area contributed by atoms with Crippen LogP contribution in [0.1, 0.15) is 33.1 Å². The normalized spacial score (nSPS) is 35.1. The van der Waals surface area contributed by atoms with Gasteiger partial charge in [-0.25, -0.2) is 0 Å². The molecule has 4 aliphatic rings. The van der Waals surface area contributed by atoms with Crippen molar-refractivity contribution in [1.82, 2.24) is 20.4 Å². The van der Waals surface area contributed by atoms with Gasteiger partial charge < -0.3 is 25.4 Å². The molecular formula is C22H36N4O5S. The molecule has 4 saturated heterocycles. The SMILES string of the molecule is CCCNC(=O)[C@@H]1[C@H]2C(=O)N([C@H](C)CO)C(C(=O)NCCN3CCOCC3)C23CC[C@H]1S3. The van der Waals surface area contributed by atoms with Crippen LogP contribution < -0.4 is 10.6 Å². The van der Waals surface area contributed by atoms with Crippen molar-refractivity contribution in [2.75, 3.05) is 52.5 Å². The van der Waals surface area contributed by atoms with Crippen molar-refractivity contribution < 1.29 is 24.2 Å². The highest BCUT2D eigenvalue weighted by molar-refractivity contribution is 8.02. The first-order valence-corrected chi connectivity index (χ1v) is 12.8. The molecule has 10 heteroatoms. The van der Waals surface area contributed by atoms with E-state index in [1.807, 2.05) is 6.92 Å². The first-order valence-electron chi connectivity index (χ1n) is 11.9. The minimum atomic E-state index is -0.661. The van der Waals surface area contributed by atoms with Crippen LogP contribution in [-0.2, 0) is 19.1 Å². The summed E-state index contributed by atoms with van der Waals surface area (Å²) < 4.78 is 4.78. The van der Waals surface area contributed by atoms with E-state index < -0.39 is 28.7 Å². The van der Waals surface area contributed by atoms with Gasteiger partial charge in [0.1, 0.15) is 6.04 Å². The fourth-order valence-corrected chi connectivity index (χ4v) is 8.08. The largest absolute Gasteiger partial charge is 0.394 e. The van der Waals surface area contributed by atoms with Crippen LogP contribution in [-0.4, -0.2) is 107 Å². The van der Waals surface area contributed by atoms with E-state index in [2.05, 4.69) is 15.5 Å². The Kier molecular flexibility index (Phi) is 7.33. The predicted octanol–water partition coefficient (Wildman–Crippen LogP) is -0.567. The van der Waals surface area contributed by atoms with Crippen molar-refractivity contribution in [3.05, 3.63) is 0 Å². The van der Waals surface area contributed by atoms with E-state index in [1.165, 1.54) is 0 Å². The highest BCUT2D eigenvalue weighted by atomic mass is 32.2. The zero-order valence-electron chi connectivity index (χ0n) is 19.0. The Bertz CT molecular complexity index is 733. The van der Waals surface area contributed by atoms with Crippen molar-refractivity contribution in [2.24, 2.45) is 11.8 Å². The Morgan fingerprint density at radius 2 is 1.97 bits per heavy atom. The van der Waals surface area contributed by atoms with Crippen LogP contribution in [0.2, 0.25) is 0 Å². The number of likely N-dealkylation sites (tertiary alicyclic amines) is 1. The first-order chi connectivity index (χ1) is 15.4. The smallest absolute Gasteiger partial charge is 0.244 e. The lowest BCUT2D eigenvalue weighted by Gasteiger charge is -2.36. The van der Waals surface area contributed by atoms with Crippen LogP contribution in [0.15, 0.2) is 0 Å². The Hall–Kier alpha value is -1.36. The quantitative estimate of drug-likeness (QED) is 0.416. The van der Waals surface area contributed by atoms with Gasteiger partial charge in [-0.05, 0) is 26.2 Å². The second-order valence-electron chi connectivity index (χ2n) is 9.37.